The van der Waals surface area contributed by atoms with Gasteiger partial charge in [-0.25, -0.2) is 0 Å². The molecule has 1 N–H and O–H groups in total. The molecule has 6 heteroatoms. The zero-order chi connectivity index (χ0) is 16.2. The standard InChI is InChI=1S/C16H23F3N2O/c1-3-4-15(21-7-5-20-6-8-21)12-9-13(16(17,18)19)11-14(10-12)22-2/h9-11,15,20H,3-8H2,1-2H3/t15-/m1/s1. The Morgan fingerprint density at radius 3 is 2.45 bits per heavy atom. The van der Waals surface area contributed by atoms with Crippen LogP contribution in [0.2, 0.25) is 0 Å². The van der Waals surface area contributed by atoms with Gasteiger partial charge in [0.05, 0.1) is 12.7 Å². The lowest BCUT2D eigenvalue weighted by Crippen LogP contribution is -2.45. The molecule has 2 rings (SSSR count). The summed E-state index contributed by atoms with van der Waals surface area (Å²) in [7, 11) is 1.40. The lowest BCUT2D eigenvalue weighted by Gasteiger charge is -2.35. The van der Waals surface area contributed by atoms with E-state index in [1.807, 2.05) is 0 Å². The first-order valence-corrected chi connectivity index (χ1v) is 7.66. The number of nitrogens with zero attached hydrogens (tertiary/aromatic N) is 1. The van der Waals surface area contributed by atoms with Crippen molar-refractivity contribution >= 4 is 0 Å². The van der Waals surface area contributed by atoms with E-state index in [9.17, 15) is 13.2 Å². The number of rotatable bonds is 5. The summed E-state index contributed by atoms with van der Waals surface area (Å²) < 4.78 is 44.4. The van der Waals surface area contributed by atoms with Crippen LogP contribution in [0.5, 0.6) is 5.75 Å². The molecule has 1 aliphatic rings. The van der Waals surface area contributed by atoms with E-state index < -0.39 is 11.7 Å². The van der Waals surface area contributed by atoms with E-state index in [4.69, 9.17) is 4.74 Å². The number of nitrogens with one attached hydrogen (secondary N) is 1. The summed E-state index contributed by atoms with van der Waals surface area (Å²) in [5.41, 5.74) is 0.0495. The van der Waals surface area contributed by atoms with E-state index in [-0.39, 0.29) is 11.8 Å². The highest BCUT2D eigenvalue weighted by Gasteiger charge is 2.33. The van der Waals surface area contributed by atoms with E-state index in [1.165, 1.54) is 13.2 Å². The van der Waals surface area contributed by atoms with Crippen molar-refractivity contribution in [3.63, 3.8) is 0 Å². The molecule has 3 nitrogen and oxygen atoms in total. The minimum Gasteiger partial charge on any atom is -0.497 e. The maximum Gasteiger partial charge on any atom is 0.416 e. The lowest BCUT2D eigenvalue weighted by molar-refractivity contribution is -0.137. The Balaban J connectivity index is 2.36. The van der Waals surface area contributed by atoms with Crippen LogP contribution in [0.4, 0.5) is 13.2 Å². The number of hydrogen-bond acceptors (Lipinski definition) is 3. The SMILES string of the molecule is CCC[C@H](c1cc(OC)cc(C(F)(F)F)c1)N1CCNCC1. The maximum absolute atomic E-state index is 13.1. The molecule has 0 saturated carbocycles. The van der Waals surface area contributed by atoms with Crippen molar-refractivity contribution in [1.82, 2.24) is 10.2 Å². The fourth-order valence-electron chi connectivity index (χ4n) is 2.92. The third-order valence-electron chi connectivity index (χ3n) is 4.03. The molecule has 0 unspecified atom stereocenters. The average Bonchev–Trinajstić information content (AvgIpc) is 2.52. The van der Waals surface area contributed by atoms with Crippen LogP contribution >= 0.6 is 0 Å². The van der Waals surface area contributed by atoms with Gasteiger partial charge in [0.2, 0.25) is 0 Å². The monoisotopic (exact) mass is 316 g/mol. The van der Waals surface area contributed by atoms with Crippen LogP contribution in [0.3, 0.4) is 0 Å². The number of methoxy groups -OCH3 is 1. The predicted molar refractivity (Wildman–Crippen MR) is 80.1 cm³/mol. The van der Waals surface area contributed by atoms with Gasteiger partial charge in [0.1, 0.15) is 5.75 Å². The minimum atomic E-state index is -4.36. The van der Waals surface area contributed by atoms with Crippen molar-refractivity contribution < 1.29 is 17.9 Å². The van der Waals surface area contributed by atoms with Crippen molar-refractivity contribution in [2.24, 2.45) is 0 Å². The van der Waals surface area contributed by atoms with Crippen LogP contribution in [-0.4, -0.2) is 38.2 Å². The maximum atomic E-state index is 13.1. The molecule has 0 aromatic heterocycles. The van der Waals surface area contributed by atoms with Crippen molar-refractivity contribution in [1.29, 1.82) is 0 Å². The number of alkyl halides is 3. The first kappa shape index (κ1) is 17.1. The molecule has 1 saturated heterocycles. The molecule has 1 aromatic rings. The van der Waals surface area contributed by atoms with Crippen molar-refractivity contribution in [3.05, 3.63) is 29.3 Å². The molecule has 0 aliphatic carbocycles. The Kier molecular flexibility index (Phi) is 5.69. The summed E-state index contributed by atoms with van der Waals surface area (Å²) >= 11 is 0. The third-order valence-corrected chi connectivity index (χ3v) is 4.03. The summed E-state index contributed by atoms with van der Waals surface area (Å²) in [6, 6.07) is 4.07. The normalized spacial score (nSPS) is 18.2. The molecule has 1 fully saturated rings. The highest BCUT2D eigenvalue weighted by molar-refractivity contribution is 5.37. The fourth-order valence-corrected chi connectivity index (χ4v) is 2.92. The molecule has 1 atom stereocenters. The molecule has 0 radical (unpaired) electrons. The Bertz CT molecular complexity index is 485. The van der Waals surface area contributed by atoms with Gasteiger partial charge in [-0.1, -0.05) is 13.3 Å². The van der Waals surface area contributed by atoms with Crippen LogP contribution in [-0.2, 0) is 6.18 Å². The molecular formula is C16H23F3N2O. The van der Waals surface area contributed by atoms with Gasteiger partial charge in [-0.05, 0) is 30.2 Å². The number of halogens is 3. The Morgan fingerprint density at radius 2 is 1.91 bits per heavy atom. The molecule has 0 bridgehead atoms. The Morgan fingerprint density at radius 1 is 1.23 bits per heavy atom. The van der Waals surface area contributed by atoms with Crippen molar-refractivity contribution in [3.8, 4) is 5.75 Å². The second-order valence-corrected chi connectivity index (χ2v) is 5.58. The summed E-state index contributed by atoms with van der Waals surface area (Å²) in [5.74, 6) is 0.265. The zero-order valence-corrected chi connectivity index (χ0v) is 13.0. The minimum absolute atomic E-state index is 0.00306. The quantitative estimate of drug-likeness (QED) is 0.900. The van der Waals surface area contributed by atoms with Gasteiger partial charge in [-0.15, -0.1) is 0 Å². The van der Waals surface area contributed by atoms with Crippen LogP contribution < -0.4 is 10.1 Å². The Labute approximate surface area is 129 Å². The van der Waals surface area contributed by atoms with E-state index in [0.29, 0.717) is 5.56 Å². The topological polar surface area (TPSA) is 24.5 Å². The van der Waals surface area contributed by atoms with Gasteiger partial charge in [0.25, 0.3) is 0 Å². The second-order valence-electron chi connectivity index (χ2n) is 5.58. The van der Waals surface area contributed by atoms with Crippen LogP contribution in [0, 0.1) is 0 Å². The first-order valence-electron chi connectivity index (χ1n) is 7.66. The fraction of sp³-hybridized carbons (Fsp3) is 0.625. The second kappa shape index (κ2) is 7.33. The molecule has 1 heterocycles. The number of hydrogen-bond donors (Lipinski definition) is 1. The summed E-state index contributed by atoms with van der Waals surface area (Å²) in [4.78, 5) is 2.26. The predicted octanol–water partition coefficient (Wildman–Crippen LogP) is 3.46. The molecule has 1 aromatic carbocycles. The smallest absolute Gasteiger partial charge is 0.416 e. The van der Waals surface area contributed by atoms with E-state index in [0.717, 1.165) is 45.1 Å². The highest BCUT2D eigenvalue weighted by atomic mass is 19.4. The van der Waals surface area contributed by atoms with Crippen LogP contribution in [0.15, 0.2) is 18.2 Å². The summed E-state index contributed by atoms with van der Waals surface area (Å²) in [5, 5.41) is 3.27. The van der Waals surface area contributed by atoms with Crippen LogP contribution in [0.25, 0.3) is 0 Å². The van der Waals surface area contributed by atoms with Gasteiger partial charge >= 0.3 is 6.18 Å². The van der Waals surface area contributed by atoms with Gasteiger partial charge in [0, 0.05) is 32.2 Å². The lowest BCUT2D eigenvalue weighted by atomic mass is 9.97. The zero-order valence-electron chi connectivity index (χ0n) is 13.0. The molecule has 0 amide bonds. The largest absolute Gasteiger partial charge is 0.497 e. The van der Waals surface area contributed by atoms with Crippen LogP contribution in [0.1, 0.15) is 36.9 Å². The van der Waals surface area contributed by atoms with Crippen molar-refractivity contribution in [2.75, 3.05) is 33.3 Å². The molecule has 0 spiro atoms. The van der Waals surface area contributed by atoms with Crippen molar-refractivity contribution in [2.45, 2.75) is 32.0 Å². The average molecular weight is 316 g/mol. The third kappa shape index (κ3) is 4.14. The first-order chi connectivity index (χ1) is 10.5. The molecular weight excluding hydrogens is 293 g/mol. The van der Waals surface area contributed by atoms with Gasteiger partial charge in [0.15, 0.2) is 0 Å². The Hall–Kier alpha value is -1.27. The summed E-state index contributed by atoms with van der Waals surface area (Å²) in [6.07, 6.45) is -2.60. The molecule has 124 valence electrons. The number of benzene rings is 1. The number of piperazine rings is 1. The van der Waals surface area contributed by atoms with E-state index in [2.05, 4.69) is 17.1 Å². The van der Waals surface area contributed by atoms with Gasteiger partial charge < -0.3 is 10.1 Å². The molecule has 1 aliphatic heterocycles. The van der Waals surface area contributed by atoms with Gasteiger partial charge in [-0.2, -0.15) is 13.2 Å². The summed E-state index contributed by atoms with van der Waals surface area (Å²) in [6.45, 7) is 5.50. The van der Waals surface area contributed by atoms with E-state index in [1.54, 1.807) is 6.07 Å². The van der Waals surface area contributed by atoms with Gasteiger partial charge in [-0.3, -0.25) is 4.90 Å². The highest BCUT2D eigenvalue weighted by Crippen LogP contribution is 2.36. The van der Waals surface area contributed by atoms with E-state index >= 15 is 0 Å². The number of ether oxygens (including phenoxy) is 1. The molecule has 22 heavy (non-hydrogen) atoms.